The number of rotatable bonds is 10. The molecule has 0 fully saturated rings. The third-order valence-electron chi connectivity index (χ3n) is 2.38. The van der Waals surface area contributed by atoms with Gasteiger partial charge in [0.25, 0.3) is 0 Å². The maximum Gasteiger partial charge on any atom is 0.500 e. The lowest BCUT2D eigenvalue weighted by Gasteiger charge is -2.28. The maximum absolute atomic E-state index is 5.89. The van der Waals surface area contributed by atoms with E-state index in [1.54, 1.807) is 7.11 Å². The minimum atomic E-state index is -2.43. The summed E-state index contributed by atoms with van der Waals surface area (Å²) >= 11 is 0. The van der Waals surface area contributed by atoms with Crippen LogP contribution in [0.1, 0.15) is 33.6 Å². The Balaban J connectivity index is 4.25. The molecule has 0 aliphatic rings. The summed E-state index contributed by atoms with van der Waals surface area (Å²) in [6, 6.07) is 0.876. The van der Waals surface area contributed by atoms with E-state index in [0.717, 1.165) is 18.9 Å². The van der Waals surface area contributed by atoms with E-state index in [1.807, 2.05) is 0 Å². The van der Waals surface area contributed by atoms with Gasteiger partial charge in [0.05, 0.1) is 0 Å². The van der Waals surface area contributed by atoms with Crippen LogP contribution in [-0.2, 0) is 13.3 Å². The third kappa shape index (κ3) is 5.96. The first-order valence-electron chi connectivity index (χ1n) is 6.17. The Morgan fingerprint density at radius 3 is 2.31 bits per heavy atom. The van der Waals surface area contributed by atoms with Gasteiger partial charge < -0.3 is 19.0 Å². The first kappa shape index (κ1) is 16.1. The highest BCUT2D eigenvalue weighted by Gasteiger charge is 2.39. The molecular formula is C11H27NO3Si. The molecule has 2 N–H and O–H groups in total. The summed E-state index contributed by atoms with van der Waals surface area (Å²) in [4.78, 5) is 0. The normalized spacial score (nSPS) is 17.1. The molecule has 0 heterocycles. The summed E-state index contributed by atoms with van der Waals surface area (Å²) in [7, 11) is -0.740. The van der Waals surface area contributed by atoms with Crippen LogP contribution < -0.4 is 5.73 Å². The molecule has 0 amide bonds. The summed E-state index contributed by atoms with van der Waals surface area (Å²) < 4.78 is 17.2. The fraction of sp³-hybridized carbons (Fsp3) is 1.00. The Bertz CT molecular complexity index is 171. The molecule has 5 heteroatoms. The van der Waals surface area contributed by atoms with Gasteiger partial charge in [0.1, 0.15) is 0 Å². The van der Waals surface area contributed by atoms with Crippen LogP contribution in [0.4, 0.5) is 0 Å². The molecule has 98 valence electrons. The minimum absolute atomic E-state index is 0.351. The lowest BCUT2D eigenvalue weighted by atomic mass is 10.2. The van der Waals surface area contributed by atoms with Gasteiger partial charge in [-0.15, -0.1) is 0 Å². The van der Waals surface area contributed by atoms with E-state index in [4.69, 9.17) is 19.0 Å². The molecule has 0 aromatic heterocycles. The lowest BCUT2D eigenvalue weighted by Crippen LogP contribution is -2.46. The van der Waals surface area contributed by atoms with Gasteiger partial charge in [0, 0.05) is 26.4 Å². The van der Waals surface area contributed by atoms with Crippen molar-refractivity contribution in [1.29, 1.82) is 0 Å². The minimum Gasteiger partial charge on any atom is -0.377 e. The highest BCUT2D eigenvalue weighted by Crippen LogP contribution is 2.18. The Morgan fingerprint density at radius 2 is 1.88 bits per heavy atom. The topological polar surface area (TPSA) is 53.7 Å². The molecule has 0 saturated heterocycles. The van der Waals surface area contributed by atoms with Crippen molar-refractivity contribution in [3.8, 4) is 0 Å². The van der Waals surface area contributed by atoms with Crippen LogP contribution in [0.25, 0.3) is 0 Å². The molecule has 0 spiro atoms. The van der Waals surface area contributed by atoms with Crippen molar-refractivity contribution in [3.05, 3.63) is 0 Å². The molecule has 0 radical (unpaired) electrons. The molecule has 0 saturated carbocycles. The van der Waals surface area contributed by atoms with E-state index in [9.17, 15) is 0 Å². The van der Waals surface area contributed by atoms with Crippen molar-refractivity contribution in [2.45, 2.75) is 39.7 Å². The second-order valence-electron chi connectivity index (χ2n) is 4.14. The van der Waals surface area contributed by atoms with Gasteiger partial charge in [0.2, 0.25) is 0 Å². The van der Waals surface area contributed by atoms with Crippen molar-refractivity contribution < 1.29 is 13.3 Å². The van der Waals surface area contributed by atoms with Gasteiger partial charge in [-0.3, -0.25) is 0 Å². The van der Waals surface area contributed by atoms with Crippen molar-refractivity contribution in [1.82, 2.24) is 0 Å². The van der Waals surface area contributed by atoms with Crippen LogP contribution in [0.3, 0.4) is 0 Å². The number of hydrogen-bond donors (Lipinski definition) is 1. The van der Waals surface area contributed by atoms with E-state index < -0.39 is 8.80 Å². The van der Waals surface area contributed by atoms with Crippen molar-refractivity contribution in [3.63, 3.8) is 0 Å². The first-order valence-corrected chi connectivity index (χ1v) is 8.10. The Morgan fingerprint density at radius 1 is 1.19 bits per heavy atom. The second-order valence-corrected chi connectivity index (χ2v) is 6.99. The van der Waals surface area contributed by atoms with Gasteiger partial charge in [-0.2, -0.15) is 0 Å². The average Bonchev–Trinajstić information content (AvgIpc) is 2.32. The quantitative estimate of drug-likeness (QED) is 0.602. The SMILES string of the molecule is CCCO[Si](CCC)(OC)OCC(C)CN. The van der Waals surface area contributed by atoms with E-state index in [1.165, 1.54) is 0 Å². The van der Waals surface area contributed by atoms with Gasteiger partial charge in [-0.05, 0) is 18.9 Å². The predicted molar refractivity (Wildman–Crippen MR) is 68.3 cm³/mol. The second kappa shape index (κ2) is 9.12. The number of hydrogen-bond acceptors (Lipinski definition) is 4. The number of nitrogens with two attached hydrogens (primary N) is 1. The molecule has 4 nitrogen and oxygen atoms in total. The summed E-state index contributed by atoms with van der Waals surface area (Å²) in [6.45, 7) is 8.24. The third-order valence-corrected chi connectivity index (χ3v) is 5.37. The summed E-state index contributed by atoms with van der Waals surface area (Å²) in [5.74, 6) is 0.351. The molecule has 0 aliphatic heterocycles. The largest absolute Gasteiger partial charge is 0.500 e. The van der Waals surface area contributed by atoms with Crippen LogP contribution >= 0.6 is 0 Å². The molecule has 2 unspecified atom stereocenters. The van der Waals surface area contributed by atoms with Crippen LogP contribution in [0, 0.1) is 5.92 Å². The van der Waals surface area contributed by atoms with Gasteiger partial charge in [-0.25, -0.2) is 0 Å². The van der Waals surface area contributed by atoms with Crippen molar-refractivity contribution in [2.75, 3.05) is 26.9 Å². The van der Waals surface area contributed by atoms with Gasteiger partial charge in [0.15, 0.2) is 0 Å². The fourth-order valence-corrected chi connectivity index (χ4v) is 3.78. The zero-order valence-corrected chi connectivity index (χ0v) is 12.1. The van der Waals surface area contributed by atoms with E-state index >= 15 is 0 Å². The smallest absolute Gasteiger partial charge is 0.377 e. The van der Waals surface area contributed by atoms with E-state index in [-0.39, 0.29) is 0 Å². The zero-order chi connectivity index (χ0) is 12.4. The monoisotopic (exact) mass is 249 g/mol. The Hall–Kier alpha value is 0.0569. The van der Waals surface area contributed by atoms with Crippen LogP contribution in [0.15, 0.2) is 0 Å². The van der Waals surface area contributed by atoms with Crippen LogP contribution in [-0.4, -0.2) is 35.7 Å². The summed E-state index contributed by atoms with van der Waals surface area (Å²) in [5, 5.41) is 0. The predicted octanol–water partition coefficient (Wildman–Crippen LogP) is 2.02. The van der Waals surface area contributed by atoms with Crippen LogP contribution in [0.2, 0.25) is 6.04 Å². The Kier molecular flexibility index (Phi) is 9.16. The summed E-state index contributed by atoms with van der Waals surface area (Å²) in [5.41, 5.74) is 5.57. The van der Waals surface area contributed by atoms with Gasteiger partial charge >= 0.3 is 8.80 Å². The van der Waals surface area contributed by atoms with E-state index in [0.29, 0.717) is 25.7 Å². The van der Waals surface area contributed by atoms with Gasteiger partial charge in [-0.1, -0.05) is 27.2 Å². The molecule has 0 bridgehead atoms. The molecule has 0 rings (SSSR count). The van der Waals surface area contributed by atoms with Crippen molar-refractivity contribution in [2.24, 2.45) is 11.7 Å². The van der Waals surface area contributed by atoms with E-state index in [2.05, 4.69) is 20.8 Å². The highest BCUT2D eigenvalue weighted by molar-refractivity contribution is 6.60. The molecule has 0 aliphatic carbocycles. The molecule has 0 aromatic rings. The average molecular weight is 249 g/mol. The molecular weight excluding hydrogens is 222 g/mol. The molecule has 16 heavy (non-hydrogen) atoms. The maximum atomic E-state index is 5.89. The lowest BCUT2D eigenvalue weighted by molar-refractivity contribution is 0.0667. The zero-order valence-electron chi connectivity index (χ0n) is 11.1. The highest BCUT2D eigenvalue weighted by atomic mass is 28.4. The summed E-state index contributed by atoms with van der Waals surface area (Å²) in [6.07, 6.45) is 2.00. The first-order chi connectivity index (χ1) is 7.64. The van der Waals surface area contributed by atoms with Crippen molar-refractivity contribution >= 4 is 8.80 Å². The fourth-order valence-electron chi connectivity index (χ4n) is 1.31. The Labute approximate surface area is 101 Å². The van der Waals surface area contributed by atoms with Crippen LogP contribution in [0.5, 0.6) is 0 Å². The molecule has 0 aromatic carbocycles. The molecule has 2 atom stereocenters. The standard InChI is InChI=1S/C11H27NO3Si/c1-5-7-14-16(13-4,8-6-2)15-10-11(3)9-12/h11H,5-10,12H2,1-4H3.